The summed E-state index contributed by atoms with van der Waals surface area (Å²) in [4.78, 5) is 36.6. The van der Waals surface area contributed by atoms with Crippen LogP contribution in [-0.2, 0) is 16.6 Å². The smallest absolute Gasteiger partial charge is 0.254 e. The molecule has 0 spiro atoms. The molecule has 2 aromatic heterocycles. The van der Waals surface area contributed by atoms with Crippen LogP contribution in [-0.4, -0.2) is 77.7 Å². The molecule has 1 saturated heterocycles. The van der Waals surface area contributed by atoms with E-state index in [2.05, 4.69) is 14.9 Å². The Balaban J connectivity index is 1.59. The molecule has 0 atom stereocenters. The maximum Gasteiger partial charge on any atom is 0.254 e. The number of hydrogen-bond donors (Lipinski definition) is 1. The maximum atomic E-state index is 13.4. The summed E-state index contributed by atoms with van der Waals surface area (Å²) < 4.78 is 27.4. The molecule has 3 heterocycles. The van der Waals surface area contributed by atoms with Gasteiger partial charge in [-0.25, -0.2) is 8.42 Å². The number of nitrogens with one attached hydrogen (secondary N) is 1. The van der Waals surface area contributed by atoms with Gasteiger partial charge in [0.25, 0.3) is 5.91 Å². The highest BCUT2D eigenvalue weighted by atomic mass is 32.2. The van der Waals surface area contributed by atoms with Gasteiger partial charge in [-0.1, -0.05) is 19.9 Å². The number of H-pyrrole nitrogens is 1. The number of pyridine rings is 2. The van der Waals surface area contributed by atoms with E-state index in [-0.39, 0.29) is 16.4 Å². The lowest BCUT2D eigenvalue weighted by Crippen LogP contribution is -2.48. The fourth-order valence-corrected chi connectivity index (χ4v) is 5.80. The van der Waals surface area contributed by atoms with Crippen molar-refractivity contribution in [1.29, 1.82) is 0 Å². The molecule has 1 fully saturated rings. The summed E-state index contributed by atoms with van der Waals surface area (Å²) in [6.45, 7) is 7.44. The van der Waals surface area contributed by atoms with Crippen LogP contribution in [0.15, 0.2) is 58.5 Å². The van der Waals surface area contributed by atoms with E-state index < -0.39 is 15.6 Å². The van der Waals surface area contributed by atoms with Gasteiger partial charge >= 0.3 is 0 Å². The number of carbonyl (C=O) groups is 1. The molecule has 0 unspecified atom stereocenters. The second kappa shape index (κ2) is 10.0. The van der Waals surface area contributed by atoms with Crippen LogP contribution in [0.3, 0.4) is 0 Å². The Hall–Kier alpha value is -3.08. The van der Waals surface area contributed by atoms with Crippen LogP contribution in [0.2, 0.25) is 0 Å². The third-order valence-electron chi connectivity index (χ3n) is 6.18. The SMILES string of the molecule is CCN(CC)S(=O)(=O)c1ccc2[nH]c(=O)cc(C(=O)N3CCN(Cc4cccnc4)CC3)c2c1. The molecule has 0 bridgehead atoms. The van der Waals surface area contributed by atoms with Gasteiger partial charge in [0, 0.05) is 75.2 Å². The fourth-order valence-electron chi connectivity index (χ4n) is 4.31. The summed E-state index contributed by atoms with van der Waals surface area (Å²) in [5.41, 5.74) is 1.37. The third kappa shape index (κ3) is 4.89. The van der Waals surface area contributed by atoms with Crippen molar-refractivity contribution in [2.24, 2.45) is 0 Å². The van der Waals surface area contributed by atoms with Gasteiger partial charge in [0.15, 0.2) is 0 Å². The van der Waals surface area contributed by atoms with Crippen molar-refractivity contribution < 1.29 is 13.2 Å². The Kier molecular flexibility index (Phi) is 7.11. The lowest BCUT2D eigenvalue weighted by Gasteiger charge is -2.34. The largest absolute Gasteiger partial charge is 0.336 e. The van der Waals surface area contributed by atoms with Crippen molar-refractivity contribution in [3.8, 4) is 0 Å². The average Bonchev–Trinajstić information content (AvgIpc) is 2.84. The summed E-state index contributed by atoms with van der Waals surface area (Å²) in [6, 6.07) is 9.71. The summed E-state index contributed by atoms with van der Waals surface area (Å²) in [7, 11) is -3.70. The average molecular weight is 484 g/mol. The topological polar surface area (TPSA) is 107 Å². The number of sulfonamides is 1. The van der Waals surface area contributed by atoms with Gasteiger partial charge in [-0.05, 0) is 29.8 Å². The van der Waals surface area contributed by atoms with Crippen molar-refractivity contribution in [2.45, 2.75) is 25.3 Å². The summed E-state index contributed by atoms with van der Waals surface area (Å²) in [6.07, 6.45) is 3.58. The second-order valence-electron chi connectivity index (χ2n) is 8.27. The predicted molar refractivity (Wildman–Crippen MR) is 130 cm³/mol. The van der Waals surface area contributed by atoms with Crippen molar-refractivity contribution in [2.75, 3.05) is 39.3 Å². The minimum Gasteiger partial charge on any atom is -0.336 e. The van der Waals surface area contributed by atoms with Crippen LogP contribution in [0.5, 0.6) is 0 Å². The first-order valence-corrected chi connectivity index (χ1v) is 12.8. The predicted octanol–water partition coefficient (Wildman–Crippen LogP) is 1.91. The molecule has 0 saturated carbocycles. The normalized spacial score (nSPS) is 15.2. The molecule has 0 radical (unpaired) electrons. The molecule has 180 valence electrons. The van der Waals surface area contributed by atoms with Crippen molar-refractivity contribution >= 4 is 26.8 Å². The minimum atomic E-state index is -3.70. The summed E-state index contributed by atoms with van der Waals surface area (Å²) in [5.74, 6) is -0.269. The van der Waals surface area contributed by atoms with Gasteiger partial charge in [-0.3, -0.25) is 19.5 Å². The Morgan fingerprint density at radius 2 is 1.82 bits per heavy atom. The molecule has 1 aliphatic heterocycles. The first-order chi connectivity index (χ1) is 16.3. The summed E-state index contributed by atoms with van der Waals surface area (Å²) in [5, 5.41) is 0.427. The standard InChI is InChI=1S/C24H29N5O4S/c1-3-29(4-2)34(32,33)19-7-8-22-20(14-19)21(15-23(30)26-22)24(31)28-12-10-27(11-13-28)17-18-6-5-9-25-16-18/h5-9,14-16H,3-4,10-13,17H2,1-2H3,(H,26,30). The molecule has 4 rings (SSSR count). The number of aromatic nitrogens is 2. The maximum absolute atomic E-state index is 13.4. The van der Waals surface area contributed by atoms with Gasteiger partial charge in [-0.2, -0.15) is 4.31 Å². The Morgan fingerprint density at radius 1 is 1.09 bits per heavy atom. The molecular weight excluding hydrogens is 454 g/mol. The van der Waals surface area contributed by atoms with Crippen LogP contribution < -0.4 is 5.56 Å². The van der Waals surface area contributed by atoms with E-state index in [0.29, 0.717) is 50.2 Å². The van der Waals surface area contributed by atoms with Crippen LogP contribution in [0, 0.1) is 0 Å². The number of amides is 1. The molecule has 10 heteroatoms. The zero-order valence-corrected chi connectivity index (χ0v) is 20.2. The first-order valence-electron chi connectivity index (χ1n) is 11.4. The summed E-state index contributed by atoms with van der Waals surface area (Å²) >= 11 is 0. The molecule has 0 aliphatic carbocycles. The molecule has 3 aromatic rings. The highest BCUT2D eigenvalue weighted by Crippen LogP contribution is 2.24. The van der Waals surface area contributed by atoms with E-state index in [0.717, 1.165) is 12.1 Å². The van der Waals surface area contributed by atoms with E-state index >= 15 is 0 Å². The number of fused-ring (bicyclic) bond motifs is 1. The van der Waals surface area contributed by atoms with Crippen molar-refractivity contribution in [1.82, 2.24) is 24.1 Å². The quantitative estimate of drug-likeness (QED) is 0.550. The molecule has 1 aromatic carbocycles. The third-order valence-corrected chi connectivity index (χ3v) is 8.22. The van der Waals surface area contributed by atoms with E-state index in [1.807, 2.05) is 18.3 Å². The van der Waals surface area contributed by atoms with Gasteiger partial charge in [0.1, 0.15) is 0 Å². The van der Waals surface area contributed by atoms with Gasteiger partial charge in [-0.15, -0.1) is 0 Å². The number of piperazine rings is 1. The number of carbonyl (C=O) groups excluding carboxylic acids is 1. The van der Waals surface area contributed by atoms with E-state index in [1.54, 1.807) is 31.0 Å². The first kappa shape index (κ1) is 24.1. The second-order valence-corrected chi connectivity index (χ2v) is 10.2. The number of rotatable bonds is 7. The zero-order chi connectivity index (χ0) is 24.3. The number of hydrogen-bond acceptors (Lipinski definition) is 6. The zero-order valence-electron chi connectivity index (χ0n) is 19.4. The van der Waals surface area contributed by atoms with Crippen LogP contribution >= 0.6 is 0 Å². The Morgan fingerprint density at radius 3 is 2.47 bits per heavy atom. The van der Waals surface area contributed by atoms with Gasteiger partial charge < -0.3 is 9.88 Å². The highest BCUT2D eigenvalue weighted by molar-refractivity contribution is 7.89. The molecule has 9 nitrogen and oxygen atoms in total. The molecule has 1 N–H and O–H groups in total. The Labute approximate surface area is 199 Å². The lowest BCUT2D eigenvalue weighted by atomic mass is 10.1. The van der Waals surface area contributed by atoms with Crippen molar-refractivity contribution in [3.05, 3.63) is 70.3 Å². The van der Waals surface area contributed by atoms with E-state index in [1.165, 1.54) is 22.5 Å². The molecule has 34 heavy (non-hydrogen) atoms. The van der Waals surface area contributed by atoms with Crippen LogP contribution in [0.4, 0.5) is 0 Å². The van der Waals surface area contributed by atoms with Gasteiger partial charge in [0.05, 0.1) is 10.5 Å². The highest BCUT2D eigenvalue weighted by Gasteiger charge is 2.26. The molecular formula is C24H29N5O4S. The minimum absolute atomic E-state index is 0.103. The number of benzene rings is 1. The van der Waals surface area contributed by atoms with Crippen molar-refractivity contribution in [3.63, 3.8) is 0 Å². The van der Waals surface area contributed by atoms with Gasteiger partial charge in [0.2, 0.25) is 15.6 Å². The number of nitrogens with zero attached hydrogens (tertiary/aromatic N) is 4. The Bertz CT molecular complexity index is 1330. The fraction of sp³-hybridized carbons (Fsp3) is 0.375. The van der Waals surface area contributed by atoms with E-state index in [4.69, 9.17) is 0 Å². The monoisotopic (exact) mass is 483 g/mol. The molecule has 1 aliphatic rings. The van der Waals surface area contributed by atoms with Crippen LogP contribution in [0.25, 0.3) is 10.9 Å². The molecule has 1 amide bonds. The van der Waals surface area contributed by atoms with E-state index in [9.17, 15) is 18.0 Å². The lowest BCUT2D eigenvalue weighted by molar-refractivity contribution is 0.0630. The van der Waals surface area contributed by atoms with Crippen LogP contribution in [0.1, 0.15) is 29.8 Å². The number of aromatic amines is 1.